The van der Waals surface area contributed by atoms with E-state index in [0.717, 1.165) is 10.9 Å². The van der Waals surface area contributed by atoms with Crippen molar-refractivity contribution >= 4 is 7.60 Å². The molecule has 1 atom stereocenters. The highest BCUT2D eigenvalue weighted by molar-refractivity contribution is 7.53. The third-order valence-corrected chi connectivity index (χ3v) is 5.33. The van der Waals surface area contributed by atoms with E-state index >= 15 is 0 Å². The molecule has 2 aromatic heterocycles. The van der Waals surface area contributed by atoms with Gasteiger partial charge in [-0.1, -0.05) is 5.21 Å². The van der Waals surface area contributed by atoms with Gasteiger partial charge < -0.3 is 14.2 Å². The molecule has 144 valence electrons. The van der Waals surface area contributed by atoms with Crippen LogP contribution in [0.5, 0.6) is 0 Å². The molecule has 2 aromatic rings. The van der Waals surface area contributed by atoms with E-state index in [1.165, 1.54) is 10.9 Å². The molecule has 26 heavy (non-hydrogen) atoms. The quantitative estimate of drug-likeness (QED) is 0.498. The first kappa shape index (κ1) is 20.2. The number of nitrogens with zero attached hydrogens (tertiary/aromatic N) is 5. The van der Waals surface area contributed by atoms with Crippen LogP contribution < -0.4 is 11.2 Å². The van der Waals surface area contributed by atoms with Crippen LogP contribution in [-0.4, -0.2) is 60.3 Å². The molecule has 0 bridgehead atoms. The molecule has 2 N–H and O–H groups in total. The van der Waals surface area contributed by atoms with E-state index in [1.807, 2.05) is 0 Å². The van der Waals surface area contributed by atoms with Crippen molar-refractivity contribution in [1.82, 2.24) is 29.8 Å². The Labute approximate surface area is 148 Å². The number of hydrogen-bond donors (Lipinski definition) is 2. The minimum Gasteiger partial charge on any atom is -0.391 e. The van der Waals surface area contributed by atoms with Crippen LogP contribution in [0.4, 0.5) is 0 Å². The summed E-state index contributed by atoms with van der Waals surface area (Å²) >= 11 is 0. The van der Waals surface area contributed by atoms with E-state index < -0.39 is 24.9 Å². The van der Waals surface area contributed by atoms with Gasteiger partial charge in [-0.2, -0.15) is 5.10 Å². The molecule has 0 aliphatic rings. The summed E-state index contributed by atoms with van der Waals surface area (Å²) in [5.74, 6) is 0. The zero-order valence-electron chi connectivity index (χ0n) is 14.4. The molecule has 0 saturated heterocycles. The fraction of sp³-hybridized carbons (Fsp3) is 0.615. The molecule has 12 nitrogen and oxygen atoms in total. The number of aliphatic hydroxyl groups excluding tert-OH is 1. The minimum atomic E-state index is -3.37. The molecule has 2 rings (SSSR count). The van der Waals surface area contributed by atoms with Gasteiger partial charge in [0.05, 0.1) is 44.8 Å². The monoisotopic (exact) mass is 388 g/mol. The minimum absolute atomic E-state index is 0.00208. The lowest BCUT2D eigenvalue weighted by molar-refractivity contribution is 0.150. The smallest absolute Gasteiger partial charge is 0.345 e. The van der Waals surface area contributed by atoms with Crippen LogP contribution in [0.3, 0.4) is 0 Å². The maximum absolute atomic E-state index is 12.4. The second kappa shape index (κ2) is 8.99. The van der Waals surface area contributed by atoms with E-state index in [4.69, 9.17) is 9.05 Å². The lowest BCUT2D eigenvalue weighted by atomic mass is 10.4. The Kier molecular flexibility index (Phi) is 6.98. The predicted molar refractivity (Wildman–Crippen MR) is 90.0 cm³/mol. The molecule has 0 saturated carbocycles. The number of nitrogens with one attached hydrogen (secondary N) is 1. The van der Waals surface area contributed by atoms with Gasteiger partial charge in [0.15, 0.2) is 0 Å². The van der Waals surface area contributed by atoms with Crippen molar-refractivity contribution in [2.24, 2.45) is 0 Å². The van der Waals surface area contributed by atoms with Gasteiger partial charge >= 0.3 is 13.3 Å². The van der Waals surface area contributed by atoms with Crippen LogP contribution in [0.15, 0.2) is 22.0 Å². The maximum atomic E-state index is 12.4. The molecule has 0 aliphatic heterocycles. The first-order valence-electron chi connectivity index (χ1n) is 7.97. The van der Waals surface area contributed by atoms with Crippen LogP contribution in [0.25, 0.3) is 0 Å². The maximum Gasteiger partial charge on any atom is 0.345 e. The van der Waals surface area contributed by atoms with Crippen LogP contribution in [0, 0.1) is 0 Å². The average Bonchev–Trinajstić information content (AvgIpc) is 2.97. The van der Waals surface area contributed by atoms with Gasteiger partial charge in [-0.25, -0.2) is 14.2 Å². The van der Waals surface area contributed by atoms with Gasteiger partial charge in [-0.15, -0.1) is 5.10 Å². The SMILES string of the molecule is CCOP(=O)(CC(O)Cn1cc(Cn2ncc(=O)[nH]c2=O)nn1)OCC. The Morgan fingerprint density at radius 1 is 1.31 bits per heavy atom. The third kappa shape index (κ3) is 5.70. The van der Waals surface area contributed by atoms with Gasteiger partial charge in [0.1, 0.15) is 11.9 Å². The Morgan fingerprint density at radius 3 is 2.62 bits per heavy atom. The molecular formula is C13H21N6O6P. The summed E-state index contributed by atoms with van der Waals surface area (Å²) in [6.07, 6.45) is 1.29. The number of aromatic nitrogens is 6. The van der Waals surface area contributed by atoms with Gasteiger partial charge in [0.25, 0.3) is 5.56 Å². The fourth-order valence-electron chi connectivity index (χ4n) is 2.21. The third-order valence-electron chi connectivity index (χ3n) is 3.16. The molecule has 0 aromatic carbocycles. The van der Waals surface area contributed by atoms with Crippen molar-refractivity contribution in [3.63, 3.8) is 0 Å². The van der Waals surface area contributed by atoms with Crippen LogP contribution in [0.2, 0.25) is 0 Å². The molecule has 1 unspecified atom stereocenters. The summed E-state index contributed by atoms with van der Waals surface area (Å²) in [5.41, 5.74) is -0.857. The van der Waals surface area contributed by atoms with Crippen LogP contribution >= 0.6 is 7.60 Å². The normalized spacial score (nSPS) is 13.0. The second-order valence-electron chi connectivity index (χ2n) is 5.31. The molecule has 0 spiro atoms. The van der Waals surface area contributed by atoms with Gasteiger partial charge in [0.2, 0.25) is 0 Å². The van der Waals surface area contributed by atoms with Crippen molar-refractivity contribution in [3.05, 3.63) is 38.9 Å². The highest BCUT2D eigenvalue weighted by Crippen LogP contribution is 2.48. The van der Waals surface area contributed by atoms with Crippen LogP contribution in [-0.2, 0) is 26.7 Å². The predicted octanol–water partition coefficient (Wildman–Crippen LogP) is -0.802. The Bertz CT molecular complexity index is 866. The summed E-state index contributed by atoms with van der Waals surface area (Å²) in [4.78, 5) is 24.7. The second-order valence-corrected chi connectivity index (χ2v) is 7.41. The van der Waals surface area contributed by atoms with Crippen LogP contribution in [0.1, 0.15) is 19.5 Å². The Hall–Kier alpha value is -2.14. The number of aliphatic hydroxyl groups is 1. The first-order chi connectivity index (χ1) is 12.3. The highest BCUT2D eigenvalue weighted by Gasteiger charge is 2.28. The van der Waals surface area contributed by atoms with E-state index in [0.29, 0.717) is 5.69 Å². The molecule has 13 heteroatoms. The van der Waals surface area contributed by atoms with Crippen molar-refractivity contribution in [3.8, 4) is 0 Å². The molecule has 0 aliphatic carbocycles. The zero-order chi connectivity index (χ0) is 19.2. The summed E-state index contributed by atoms with van der Waals surface area (Å²) in [6, 6.07) is 0. The summed E-state index contributed by atoms with van der Waals surface area (Å²) in [6.45, 7) is 3.81. The zero-order valence-corrected chi connectivity index (χ0v) is 15.3. The molecular weight excluding hydrogens is 367 g/mol. The van der Waals surface area contributed by atoms with Crippen molar-refractivity contribution in [1.29, 1.82) is 0 Å². The van der Waals surface area contributed by atoms with Crippen molar-refractivity contribution in [2.75, 3.05) is 19.4 Å². The van der Waals surface area contributed by atoms with Crippen molar-refractivity contribution < 1.29 is 18.7 Å². The molecule has 2 heterocycles. The number of hydrogen-bond acceptors (Lipinski definition) is 9. The fourth-order valence-corrected chi connectivity index (χ4v) is 3.91. The van der Waals surface area contributed by atoms with Gasteiger partial charge in [-0.3, -0.25) is 14.3 Å². The van der Waals surface area contributed by atoms with Crippen molar-refractivity contribution in [2.45, 2.75) is 33.0 Å². The molecule has 0 radical (unpaired) electrons. The first-order valence-corrected chi connectivity index (χ1v) is 9.69. The standard InChI is InChI=1S/C13H21N6O6P/c1-3-24-26(23,25-4-2)9-11(20)8-18-6-10(16-17-18)7-19-13(22)15-12(21)5-14-19/h5-6,11,20H,3-4,7-9H2,1-2H3,(H,15,21,22). The average molecular weight is 388 g/mol. The van der Waals surface area contributed by atoms with E-state index in [1.54, 1.807) is 13.8 Å². The number of aromatic amines is 1. The Balaban J connectivity index is 1.99. The van der Waals surface area contributed by atoms with Gasteiger partial charge in [0, 0.05) is 0 Å². The summed E-state index contributed by atoms with van der Waals surface area (Å²) in [5, 5.41) is 21.6. The number of H-pyrrole nitrogens is 1. The lowest BCUT2D eigenvalue weighted by Crippen LogP contribution is -2.31. The summed E-state index contributed by atoms with van der Waals surface area (Å²) < 4.78 is 25.0. The molecule has 0 fully saturated rings. The van der Waals surface area contributed by atoms with E-state index in [-0.39, 0.29) is 32.5 Å². The topological polar surface area (TPSA) is 154 Å². The number of rotatable bonds is 10. The van der Waals surface area contributed by atoms with E-state index in [9.17, 15) is 19.3 Å². The highest BCUT2D eigenvalue weighted by atomic mass is 31.2. The molecule has 0 amide bonds. The summed E-state index contributed by atoms with van der Waals surface area (Å²) in [7, 11) is -3.37. The lowest BCUT2D eigenvalue weighted by Gasteiger charge is -2.19. The van der Waals surface area contributed by atoms with E-state index in [2.05, 4.69) is 20.4 Å². The Morgan fingerprint density at radius 2 is 2.00 bits per heavy atom. The largest absolute Gasteiger partial charge is 0.391 e. The van der Waals surface area contributed by atoms with Gasteiger partial charge in [-0.05, 0) is 13.8 Å².